The quantitative estimate of drug-likeness (QED) is 0.469. The number of nitrogens with zero attached hydrogens (tertiary/aromatic N) is 2. The van der Waals surface area contributed by atoms with Crippen LogP contribution >= 0.6 is 11.6 Å². The average molecular weight is 426 g/mol. The number of carbonyl (C=O) groups excluding carboxylic acids is 1. The molecular weight excluding hydrogens is 398 g/mol. The van der Waals surface area contributed by atoms with Gasteiger partial charge in [0.05, 0.1) is 10.7 Å². The Kier molecular flexibility index (Phi) is 7.52. The number of ether oxygens (including phenoxy) is 1. The van der Waals surface area contributed by atoms with Gasteiger partial charge < -0.3 is 10.1 Å². The van der Waals surface area contributed by atoms with Crippen LogP contribution in [0.3, 0.4) is 0 Å². The topological polar surface area (TPSA) is 56.2 Å². The van der Waals surface area contributed by atoms with Gasteiger partial charge in [-0.15, -0.1) is 0 Å². The third kappa shape index (κ3) is 6.10. The number of hydrogen-bond donors (Lipinski definition) is 1. The summed E-state index contributed by atoms with van der Waals surface area (Å²) in [5, 5.41) is 7.93. The standard InChI is InChI=1S/C24H28ClN3O2/c1-17(2)20-8-10-22(11-9-20)30-16-19-6-4-7-21(14-19)24(29)26-12-5-13-28-15-23(25)18(3)27-28/h4,6-11,14-15,17H,5,12-13,16H2,1-3H3,(H,26,29). The highest BCUT2D eigenvalue weighted by atomic mass is 35.5. The van der Waals surface area contributed by atoms with Crippen LogP contribution in [0.5, 0.6) is 5.75 Å². The molecule has 0 fully saturated rings. The molecule has 3 rings (SSSR count). The van der Waals surface area contributed by atoms with Gasteiger partial charge in [-0.1, -0.05) is 49.7 Å². The molecule has 1 N–H and O–H groups in total. The summed E-state index contributed by atoms with van der Waals surface area (Å²) in [6.45, 7) is 7.90. The number of nitrogens with one attached hydrogen (secondary N) is 1. The van der Waals surface area contributed by atoms with Crippen molar-refractivity contribution in [3.05, 3.63) is 82.1 Å². The summed E-state index contributed by atoms with van der Waals surface area (Å²) in [6.07, 6.45) is 2.58. The van der Waals surface area contributed by atoms with Crippen molar-refractivity contribution in [2.45, 2.75) is 46.3 Å². The van der Waals surface area contributed by atoms with E-state index in [9.17, 15) is 4.79 Å². The van der Waals surface area contributed by atoms with E-state index in [1.807, 2.05) is 43.3 Å². The summed E-state index contributed by atoms with van der Waals surface area (Å²) in [5.74, 6) is 1.23. The molecule has 158 valence electrons. The van der Waals surface area contributed by atoms with Gasteiger partial charge in [0, 0.05) is 24.8 Å². The van der Waals surface area contributed by atoms with Crippen LogP contribution in [0.15, 0.2) is 54.7 Å². The van der Waals surface area contributed by atoms with E-state index < -0.39 is 0 Å². The summed E-state index contributed by atoms with van der Waals surface area (Å²) in [7, 11) is 0. The van der Waals surface area contributed by atoms with Crippen LogP contribution in [0.4, 0.5) is 0 Å². The molecule has 0 bridgehead atoms. The highest BCUT2D eigenvalue weighted by Crippen LogP contribution is 2.19. The molecule has 5 nitrogen and oxygen atoms in total. The zero-order valence-corrected chi connectivity index (χ0v) is 18.4. The maximum atomic E-state index is 12.4. The van der Waals surface area contributed by atoms with Gasteiger partial charge in [-0.3, -0.25) is 9.48 Å². The van der Waals surface area contributed by atoms with Crippen LogP contribution in [-0.4, -0.2) is 22.2 Å². The molecule has 0 aliphatic heterocycles. The van der Waals surface area contributed by atoms with Gasteiger partial charge in [0.2, 0.25) is 0 Å². The fourth-order valence-corrected chi connectivity index (χ4v) is 3.22. The Hall–Kier alpha value is -2.79. The van der Waals surface area contributed by atoms with Crippen LogP contribution < -0.4 is 10.1 Å². The molecule has 0 saturated heterocycles. The molecule has 1 aromatic heterocycles. The Balaban J connectivity index is 1.47. The number of benzene rings is 2. The van der Waals surface area contributed by atoms with Crippen LogP contribution in [0.25, 0.3) is 0 Å². The van der Waals surface area contributed by atoms with Gasteiger partial charge >= 0.3 is 0 Å². The number of aryl methyl sites for hydroxylation is 2. The van der Waals surface area contributed by atoms with Crippen molar-refractivity contribution < 1.29 is 9.53 Å². The number of aromatic nitrogens is 2. The molecule has 0 spiro atoms. The lowest BCUT2D eigenvalue weighted by Gasteiger charge is -2.10. The molecule has 0 radical (unpaired) electrons. The molecule has 30 heavy (non-hydrogen) atoms. The Labute approximate surface area is 183 Å². The fraction of sp³-hybridized carbons (Fsp3) is 0.333. The highest BCUT2D eigenvalue weighted by molar-refractivity contribution is 6.31. The minimum Gasteiger partial charge on any atom is -0.489 e. The summed E-state index contributed by atoms with van der Waals surface area (Å²) >= 11 is 6.01. The second-order valence-electron chi connectivity index (χ2n) is 7.65. The number of rotatable bonds is 9. The van der Waals surface area contributed by atoms with E-state index in [2.05, 4.69) is 36.4 Å². The van der Waals surface area contributed by atoms with Crippen LogP contribution in [-0.2, 0) is 13.2 Å². The summed E-state index contributed by atoms with van der Waals surface area (Å²) in [5.41, 5.74) is 3.68. The zero-order valence-electron chi connectivity index (χ0n) is 17.7. The minimum atomic E-state index is -0.0900. The van der Waals surface area contributed by atoms with Crippen molar-refractivity contribution >= 4 is 17.5 Å². The summed E-state index contributed by atoms with van der Waals surface area (Å²) in [4.78, 5) is 12.4. The zero-order chi connectivity index (χ0) is 21.5. The van der Waals surface area contributed by atoms with Crippen molar-refractivity contribution in [3.63, 3.8) is 0 Å². The van der Waals surface area contributed by atoms with Crippen molar-refractivity contribution in [1.82, 2.24) is 15.1 Å². The second kappa shape index (κ2) is 10.3. The van der Waals surface area contributed by atoms with Gasteiger partial charge in [0.15, 0.2) is 0 Å². The average Bonchev–Trinajstić information content (AvgIpc) is 3.07. The van der Waals surface area contributed by atoms with E-state index in [0.29, 0.717) is 36.2 Å². The Bertz CT molecular complexity index is 961. The van der Waals surface area contributed by atoms with E-state index in [-0.39, 0.29) is 5.91 Å². The first-order valence-electron chi connectivity index (χ1n) is 10.2. The molecule has 0 atom stereocenters. The Morgan fingerprint density at radius 3 is 2.63 bits per heavy atom. The molecular formula is C24H28ClN3O2. The maximum absolute atomic E-state index is 12.4. The molecule has 1 heterocycles. The van der Waals surface area contributed by atoms with E-state index >= 15 is 0 Å². The van der Waals surface area contributed by atoms with Gasteiger partial charge in [-0.05, 0) is 54.7 Å². The first-order chi connectivity index (χ1) is 14.4. The lowest BCUT2D eigenvalue weighted by atomic mass is 10.0. The van der Waals surface area contributed by atoms with E-state index in [1.165, 1.54) is 5.56 Å². The van der Waals surface area contributed by atoms with Crippen LogP contribution in [0.2, 0.25) is 5.02 Å². The van der Waals surface area contributed by atoms with E-state index in [0.717, 1.165) is 23.4 Å². The van der Waals surface area contributed by atoms with Gasteiger partial charge in [0.25, 0.3) is 5.91 Å². The lowest BCUT2D eigenvalue weighted by molar-refractivity contribution is 0.0952. The summed E-state index contributed by atoms with van der Waals surface area (Å²) < 4.78 is 7.67. The third-order valence-corrected chi connectivity index (χ3v) is 5.25. The highest BCUT2D eigenvalue weighted by Gasteiger charge is 2.07. The minimum absolute atomic E-state index is 0.0900. The second-order valence-corrected chi connectivity index (χ2v) is 8.05. The Morgan fingerprint density at radius 2 is 1.97 bits per heavy atom. The SMILES string of the molecule is Cc1nn(CCCNC(=O)c2cccc(COc3ccc(C(C)C)cc3)c2)cc1Cl. The monoisotopic (exact) mass is 425 g/mol. The normalized spacial score (nSPS) is 11.0. The number of halogens is 1. The lowest BCUT2D eigenvalue weighted by Crippen LogP contribution is -2.25. The van der Waals surface area contributed by atoms with Gasteiger partial charge in [-0.2, -0.15) is 5.10 Å². The largest absolute Gasteiger partial charge is 0.489 e. The number of carbonyl (C=O) groups is 1. The van der Waals surface area contributed by atoms with E-state index in [1.54, 1.807) is 10.9 Å². The Morgan fingerprint density at radius 1 is 1.20 bits per heavy atom. The molecule has 0 aliphatic rings. The fourth-order valence-electron chi connectivity index (χ4n) is 3.07. The third-order valence-electron chi connectivity index (χ3n) is 4.88. The van der Waals surface area contributed by atoms with Gasteiger partial charge in [0.1, 0.15) is 12.4 Å². The number of amides is 1. The maximum Gasteiger partial charge on any atom is 0.251 e. The molecule has 3 aromatic rings. The molecule has 6 heteroatoms. The first kappa shape index (κ1) is 21.9. The molecule has 0 saturated carbocycles. The van der Waals surface area contributed by atoms with Crippen LogP contribution in [0.1, 0.15) is 53.4 Å². The van der Waals surface area contributed by atoms with Crippen molar-refractivity contribution in [3.8, 4) is 5.75 Å². The molecule has 0 unspecified atom stereocenters. The molecule has 0 aliphatic carbocycles. The smallest absolute Gasteiger partial charge is 0.251 e. The summed E-state index contributed by atoms with van der Waals surface area (Å²) in [6, 6.07) is 15.7. The molecule has 2 aromatic carbocycles. The van der Waals surface area contributed by atoms with Gasteiger partial charge in [-0.25, -0.2) is 0 Å². The van der Waals surface area contributed by atoms with Crippen molar-refractivity contribution in [2.24, 2.45) is 0 Å². The predicted molar refractivity (Wildman–Crippen MR) is 120 cm³/mol. The van der Waals surface area contributed by atoms with E-state index in [4.69, 9.17) is 16.3 Å². The van der Waals surface area contributed by atoms with Crippen molar-refractivity contribution in [1.29, 1.82) is 0 Å². The number of hydrogen-bond acceptors (Lipinski definition) is 3. The van der Waals surface area contributed by atoms with Crippen molar-refractivity contribution in [2.75, 3.05) is 6.54 Å². The molecule has 1 amide bonds. The predicted octanol–water partition coefficient (Wildman–Crippen LogP) is 5.37. The first-order valence-corrected chi connectivity index (χ1v) is 10.6. The van der Waals surface area contributed by atoms with Crippen LogP contribution in [0, 0.1) is 6.92 Å².